The Morgan fingerprint density at radius 1 is 1.03 bits per heavy atom. The van der Waals surface area contributed by atoms with Crippen molar-refractivity contribution in [1.29, 1.82) is 0 Å². The second-order valence-electron chi connectivity index (χ2n) is 9.18. The van der Waals surface area contributed by atoms with Crippen LogP contribution in [-0.4, -0.2) is 41.5 Å². The minimum Gasteiger partial charge on any atom is -0.492 e. The summed E-state index contributed by atoms with van der Waals surface area (Å²) in [7, 11) is 0. The van der Waals surface area contributed by atoms with Crippen LogP contribution in [0.1, 0.15) is 46.0 Å². The van der Waals surface area contributed by atoms with Crippen molar-refractivity contribution in [3.05, 3.63) is 94.0 Å². The Labute approximate surface area is 231 Å². The minimum absolute atomic E-state index is 0.0452. The predicted molar refractivity (Wildman–Crippen MR) is 154 cm³/mol. The number of likely N-dealkylation sites (tertiary alicyclic amines) is 1. The molecule has 4 rings (SSSR count). The summed E-state index contributed by atoms with van der Waals surface area (Å²) in [6.45, 7) is 4.25. The van der Waals surface area contributed by atoms with E-state index in [0.717, 1.165) is 42.4 Å². The third kappa shape index (κ3) is 7.63. The number of piperidine rings is 1. The first kappa shape index (κ1) is 26.8. The molecule has 0 unspecified atom stereocenters. The Morgan fingerprint density at radius 2 is 1.73 bits per heavy atom. The summed E-state index contributed by atoms with van der Waals surface area (Å²) in [6.07, 6.45) is 2.81. The molecule has 0 radical (unpaired) electrons. The Balaban J connectivity index is 1.32. The van der Waals surface area contributed by atoms with Gasteiger partial charge in [0.25, 0.3) is 11.8 Å². The molecule has 1 aliphatic rings. The number of carbonyl (C=O) groups excluding carboxylic acids is 2. The summed E-state index contributed by atoms with van der Waals surface area (Å²) in [6, 6.07) is 22.5. The fourth-order valence-corrected chi connectivity index (χ4v) is 4.72. The minimum atomic E-state index is -0.375. The molecule has 1 heterocycles. The van der Waals surface area contributed by atoms with Gasteiger partial charge in [-0.3, -0.25) is 14.9 Å². The first-order valence-corrected chi connectivity index (χ1v) is 13.6. The number of hydrogen-bond acceptors (Lipinski definition) is 4. The van der Waals surface area contributed by atoms with Crippen LogP contribution in [0.25, 0.3) is 0 Å². The lowest BCUT2D eigenvalue weighted by Crippen LogP contribution is -2.37. The zero-order valence-electron chi connectivity index (χ0n) is 20.7. The van der Waals surface area contributed by atoms with Gasteiger partial charge in [0, 0.05) is 35.2 Å². The van der Waals surface area contributed by atoms with Crippen molar-refractivity contribution in [3.63, 3.8) is 0 Å². The van der Waals surface area contributed by atoms with Crippen LogP contribution in [-0.2, 0) is 6.42 Å². The van der Waals surface area contributed by atoms with Crippen molar-refractivity contribution in [2.24, 2.45) is 5.92 Å². The van der Waals surface area contributed by atoms with Crippen molar-refractivity contribution in [2.45, 2.75) is 26.2 Å². The van der Waals surface area contributed by atoms with Crippen LogP contribution in [0.2, 0.25) is 0 Å². The van der Waals surface area contributed by atoms with Gasteiger partial charge < -0.3 is 15.0 Å². The number of halogens is 1. The summed E-state index contributed by atoms with van der Waals surface area (Å²) >= 11 is 8.79. The average molecular weight is 581 g/mol. The molecule has 1 saturated heterocycles. The Hall–Kier alpha value is -3.23. The van der Waals surface area contributed by atoms with E-state index >= 15 is 0 Å². The van der Waals surface area contributed by atoms with Gasteiger partial charge in [0.1, 0.15) is 5.75 Å². The number of hydrogen-bond donors (Lipinski definition) is 2. The molecule has 0 aliphatic carbocycles. The van der Waals surface area contributed by atoms with Crippen molar-refractivity contribution in [3.8, 4) is 5.75 Å². The van der Waals surface area contributed by atoms with Gasteiger partial charge in [0.15, 0.2) is 5.11 Å². The number of ether oxygens (including phenoxy) is 1. The molecule has 1 aliphatic heterocycles. The van der Waals surface area contributed by atoms with Gasteiger partial charge in [-0.15, -0.1) is 0 Å². The van der Waals surface area contributed by atoms with Crippen LogP contribution in [0.15, 0.2) is 77.3 Å². The van der Waals surface area contributed by atoms with E-state index in [1.54, 1.807) is 36.4 Å². The summed E-state index contributed by atoms with van der Waals surface area (Å²) in [4.78, 5) is 27.7. The van der Waals surface area contributed by atoms with Crippen LogP contribution < -0.4 is 15.4 Å². The molecule has 0 bridgehead atoms. The molecule has 0 atom stereocenters. The third-order valence-electron chi connectivity index (χ3n) is 6.36. The molecule has 6 nitrogen and oxygen atoms in total. The Bertz CT molecular complexity index is 1240. The number of thiocarbonyl (C=S) groups is 1. The van der Waals surface area contributed by atoms with Crippen LogP contribution in [0.5, 0.6) is 5.75 Å². The number of nitrogens with zero attached hydrogens (tertiary/aromatic N) is 1. The van der Waals surface area contributed by atoms with E-state index in [2.05, 4.69) is 33.5 Å². The summed E-state index contributed by atoms with van der Waals surface area (Å²) in [5.74, 6) is 0.818. The quantitative estimate of drug-likeness (QED) is 0.332. The van der Waals surface area contributed by atoms with Crippen molar-refractivity contribution < 1.29 is 14.3 Å². The van der Waals surface area contributed by atoms with Crippen LogP contribution in [0.3, 0.4) is 0 Å². The highest BCUT2D eigenvalue weighted by atomic mass is 79.9. The fourth-order valence-electron chi connectivity index (χ4n) is 4.15. The normalized spacial score (nSPS) is 13.6. The number of rotatable bonds is 7. The molecule has 192 valence electrons. The van der Waals surface area contributed by atoms with Crippen molar-refractivity contribution >= 4 is 50.8 Å². The highest BCUT2D eigenvalue weighted by molar-refractivity contribution is 9.10. The van der Waals surface area contributed by atoms with E-state index in [0.29, 0.717) is 35.1 Å². The standard InChI is InChI=1S/C29H30BrN3O3S/c1-20-13-16-33(17-14-20)28(35)22-7-10-24(11-8-22)31-29(37)32-27(34)25-19-23(30)9-12-26(25)36-18-15-21-5-3-2-4-6-21/h2-12,19-20H,13-18H2,1H3,(H2,31,32,34,37). The summed E-state index contributed by atoms with van der Waals surface area (Å²) < 4.78 is 6.69. The average Bonchev–Trinajstić information content (AvgIpc) is 2.90. The highest BCUT2D eigenvalue weighted by Crippen LogP contribution is 2.24. The zero-order chi connectivity index (χ0) is 26.2. The molecule has 3 aromatic carbocycles. The maximum absolute atomic E-state index is 13.0. The van der Waals surface area contributed by atoms with Crippen molar-refractivity contribution in [2.75, 3.05) is 25.0 Å². The van der Waals surface area contributed by atoms with Crippen LogP contribution >= 0.6 is 28.1 Å². The largest absolute Gasteiger partial charge is 0.492 e. The summed E-state index contributed by atoms with van der Waals surface area (Å²) in [5.41, 5.74) is 2.86. The molecule has 3 aromatic rings. The monoisotopic (exact) mass is 579 g/mol. The maximum Gasteiger partial charge on any atom is 0.261 e. The molecular weight excluding hydrogens is 550 g/mol. The molecule has 2 N–H and O–H groups in total. The van der Waals surface area contributed by atoms with Gasteiger partial charge >= 0.3 is 0 Å². The molecule has 2 amide bonds. The molecule has 37 heavy (non-hydrogen) atoms. The first-order chi connectivity index (χ1) is 17.9. The molecular formula is C29H30BrN3O3S. The van der Waals surface area contributed by atoms with Gasteiger partial charge in [-0.25, -0.2) is 0 Å². The van der Waals surface area contributed by atoms with E-state index in [9.17, 15) is 9.59 Å². The van der Waals surface area contributed by atoms with Gasteiger partial charge in [-0.05, 0) is 79.0 Å². The lowest BCUT2D eigenvalue weighted by Gasteiger charge is -2.30. The number of amides is 2. The molecule has 0 aromatic heterocycles. The van der Waals surface area contributed by atoms with Crippen LogP contribution in [0, 0.1) is 5.92 Å². The second-order valence-corrected chi connectivity index (χ2v) is 10.5. The number of benzene rings is 3. The number of nitrogens with one attached hydrogen (secondary N) is 2. The van der Waals surface area contributed by atoms with E-state index in [1.807, 2.05) is 41.3 Å². The van der Waals surface area contributed by atoms with E-state index in [1.165, 1.54) is 0 Å². The predicted octanol–water partition coefficient (Wildman–Crippen LogP) is 6.07. The molecule has 8 heteroatoms. The Morgan fingerprint density at radius 3 is 2.43 bits per heavy atom. The van der Waals surface area contributed by atoms with E-state index in [-0.39, 0.29) is 16.9 Å². The molecule has 0 saturated carbocycles. The van der Waals surface area contributed by atoms with Gasteiger partial charge in [0.05, 0.1) is 12.2 Å². The van der Waals surface area contributed by atoms with Gasteiger partial charge in [-0.2, -0.15) is 0 Å². The molecule has 0 spiro atoms. The summed E-state index contributed by atoms with van der Waals surface area (Å²) in [5, 5.41) is 5.89. The van der Waals surface area contributed by atoms with Crippen LogP contribution in [0.4, 0.5) is 5.69 Å². The topological polar surface area (TPSA) is 70.7 Å². The Kier molecular flexibility index (Phi) is 9.30. The van der Waals surface area contributed by atoms with Crippen molar-refractivity contribution in [1.82, 2.24) is 10.2 Å². The number of anilines is 1. The fraction of sp³-hybridized carbons (Fsp3) is 0.276. The third-order valence-corrected chi connectivity index (χ3v) is 7.06. The smallest absolute Gasteiger partial charge is 0.261 e. The lowest BCUT2D eigenvalue weighted by atomic mass is 9.98. The highest BCUT2D eigenvalue weighted by Gasteiger charge is 2.21. The second kappa shape index (κ2) is 12.8. The number of carbonyl (C=O) groups is 2. The first-order valence-electron chi connectivity index (χ1n) is 12.4. The van der Waals surface area contributed by atoms with E-state index < -0.39 is 0 Å². The maximum atomic E-state index is 13.0. The zero-order valence-corrected chi connectivity index (χ0v) is 23.1. The van der Waals surface area contributed by atoms with E-state index in [4.69, 9.17) is 17.0 Å². The SMILES string of the molecule is CC1CCN(C(=O)c2ccc(NC(=S)NC(=O)c3cc(Br)ccc3OCCc3ccccc3)cc2)CC1. The lowest BCUT2D eigenvalue weighted by molar-refractivity contribution is 0.0697. The van der Waals surface area contributed by atoms with Gasteiger partial charge in [-0.1, -0.05) is 53.2 Å². The van der Waals surface area contributed by atoms with Gasteiger partial charge in [0.2, 0.25) is 0 Å². The molecule has 1 fully saturated rings.